The van der Waals surface area contributed by atoms with E-state index in [0.29, 0.717) is 30.9 Å². The highest BCUT2D eigenvalue weighted by Gasteiger charge is 2.48. The molecule has 6 nitrogen and oxygen atoms in total. The number of hydrogen-bond donors (Lipinski definition) is 1. The van der Waals surface area contributed by atoms with Crippen LogP contribution in [-0.4, -0.2) is 53.8 Å². The highest BCUT2D eigenvalue weighted by Crippen LogP contribution is 2.31. The molecule has 0 aromatic heterocycles. The van der Waals surface area contributed by atoms with Crippen LogP contribution in [0.5, 0.6) is 0 Å². The van der Waals surface area contributed by atoms with Gasteiger partial charge in [0.25, 0.3) is 5.91 Å². The van der Waals surface area contributed by atoms with Crippen LogP contribution >= 0.6 is 0 Å². The number of rotatable bonds is 5. The van der Waals surface area contributed by atoms with Gasteiger partial charge in [0.15, 0.2) is 5.78 Å². The molecular formula is C26H30N2O4. The Morgan fingerprint density at radius 2 is 1.81 bits per heavy atom. The normalized spacial score (nSPS) is 24.5. The lowest BCUT2D eigenvalue weighted by molar-refractivity contribution is -0.138. The van der Waals surface area contributed by atoms with E-state index in [1.54, 1.807) is 11.0 Å². The summed E-state index contributed by atoms with van der Waals surface area (Å²) in [4.78, 5) is 41.0. The van der Waals surface area contributed by atoms with E-state index in [1.807, 2.05) is 36.4 Å². The Hall–Kier alpha value is -2.73. The summed E-state index contributed by atoms with van der Waals surface area (Å²) < 4.78 is 5.57. The van der Waals surface area contributed by atoms with Gasteiger partial charge in [-0.15, -0.1) is 0 Å². The minimum absolute atomic E-state index is 0.0300. The number of nitrogens with zero attached hydrogens (tertiary/aromatic N) is 1. The topological polar surface area (TPSA) is 75.7 Å². The standard InChI is InChI=1S/C26H30N2O4/c29-22-16-32-23-13-14-28(24(22)23)26(31)21(15-17-7-2-1-3-8-17)27-25(30)20-12-6-10-18-9-4-5-11-19(18)20/h4-6,9-12,17,21,23-24H,1-3,7-8,13-16H2,(H,27,30)/t21-,23+,24+/m0/s1. The molecule has 168 valence electrons. The van der Waals surface area contributed by atoms with Crippen molar-refractivity contribution in [3.05, 3.63) is 48.0 Å². The Morgan fingerprint density at radius 1 is 1.03 bits per heavy atom. The first-order chi connectivity index (χ1) is 15.6. The number of amides is 2. The Kier molecular flexibility index (Phi) is 5.96. The van der Waals surface area contributed by atoms with E-state index in [4.69, 9.17) is 4.74 Å². The van der Waals surface area contributed by atoms with Crippen LogP contribution in [0.2, 0.25) is 0 Å². The summed E-state index contributed by atoms with van der Waals surface area (Å²) in [7, 11) is 0. The monoisotopic (exact) mass is 434 g/mol. The SMILES string of the molecule is O=C(N[C@@H](CC1CCCCC1)C(=O)N1CC[C@H]2OCC(=O)[C@H]21)c1cccc2ccccc12. The zero-order valence-corrected chi connectivity index (χ0v) is 18.3. The quantitative estimate of drug-likeness (QED) is 0.782. The minimum Gasteiger partial charge on any atom is -0.368 e. The van der Waals surface area contributed by atoms with Crippen molar-refractivity contribution < 1.29 is 19.1 Å². The second-order valence-electron chi connectivity index (χ2n) is 9.37. The maximum absolute atomic E-state index is 13.6. The minimum atomic E-state index is -0.628. The molecular weight excluding hydrogens is 404 g/mol. The molecule has 2 aromatic rings. The van der Waals surface area contributed by atoms with Crippen LogP contribution in [-0.2, 0) is 14.3 Å². The van der Waals surface area contributed by atoms with E-state index in [2.05, 4.69) is 5.32 Å². The Bertz CT molecular complexity index is 1020. The second-order valence-corrected chi connectivity index (χ2v) is 9.37. The van der Waals surface area contributed by atoms with Crippen molar-refractivity contribution in [3.63, 3.8) is 0 Å². The van der Waals surface area contributed by atoms with Crippen molar-refractivity contribution in [1.82, 2.24) is 10.2 Å². The summed E-state index contributed by atoms with van der Waals surface area (Å²) >= 11 is 0. The molecule has 3 aliphatic rings. The highest BCUT2D eigenvalue weighted by atomic mass is 16.5. The van der Waals surface area contributed by atoms with Crippen LogP contribution in [0.4, 0.5) is 0 Å². The predicted octanol–water partition coefficient (Wildman–Crippen LogP) is 3.48. The van der Waals surface area contributed by atoms with E-state index in [-0.39, 0.29) is 30.3 Å². The van der Waals surface area contributed by atoms with Gasteiger partial charge in [-0.25, -0.2) is 0 Å². The number of hydrogen-bond acceptors (Lipinski definition) is 4. The smallest absolute Gasteiger partial charge is 0.252 e. The summed E-state index contributed by atoms with van der Waals surface area (Å²) in [6, 6.07) is 12.3. The third-order valence-electron chi connectivity index (χ3n) is 7.33. The van der Waals surface area contributed by atoms with Crippen molar-refractivity contribution in [2.24, 2.45) is 5.92 Å². The van der Waals surface area contributed by atoms with Crippen molar-refractivity contribution >= 4 is 28.4 Å². The Balaban J connectivity index is 1.40. The van der Waals surface area contributed by atoms with Gasteiger partial charge in [0.05, 0.1) is 6.10 Å². The number of ether oxygens (including phenoxy) is 1. The van der Waals surface area contributed by atoms with Crippen LogP contribution in [0.15, 0.2) is 42.5 Å². The fourth-order valence-corrected chi connectivity index (χ4v) is 5.68. The number of fused-ring (bicyclic) bond motifs is 2. The van der Waals surface area contributed by atoms with Gasteiger partial charge < -0.3 is 15.0 Å². The van der Waals surface area contributed by atoms with E-state index >= 15 is 0 Å². The van der Waals surface area contributed by atoms with Gasteiger partial charge in [0.2, 0.25) is 5.91 Å². The molecule has 0 unspecified atom stereocenters. The lowest BCUT2D eigenvalue weighted by Gasteiger charge is -2.31. The maximum atomic E-state index is 13.6. The maximum Gasteiger partial charge on any atom is 0.252 e. The lowest BCUT2D eigenvalue weighted by atomic mass is 9.84. The van der Waals surface area contributed by atoms with Gasteiger partial charge in [-0.1, -0.05) is 68.5 Å². The third kappa shape index (κ3) is 4.04. The molecule has 5 rings (SSSR count). The van der Waals surface area contributed by atoms with Crippen molar-refractivity contribution in [2.45, 2.75) is 63.1 Å². The first-order valence-corrected chi connectivity index (χ1v) is 11.9. The number of Topliss-reactive ketones (excluding diaryl/α,β-unsaturated/α-hetero) is 1. The summed E-state index contributed by atoms with van der Waals surface area (Å²) in [5.74, 6) is 0.00769. The molecule has 6 heteroatoms. The number of nitrogens with one attached hydrogen (secondary N) is 1. The van der Waals surface area contributed by atoms with Crippen LogP contribution in [0.25, 0.3) is 10.8 Å². The molecule has 3 fully saturated rings. The van der Waals surface area contributed by atoms with E-state index in [0.717, 1.165) is 23.6 Å². The first-order valence-electron chi connectivity index (χ1n) is 11.9. The average molecular weight is 435 g/mol. The van der Waals surface area contributed by atoms with Crippen molar-refractivity contribution in [3.8, 4) is 0 Å². The zero-order valence-electron chi connectivity index (χ0n) is 18.3. The first kappa shape index (κ1) is 21.1. The molecule has 2 aliphatic heterocycles. The molecule has 0 bridgehead atoms. The molecule has 1 aliphatic carbocycles. The zero-order chi connectivity index (χ0) is 22.1. The van der Waals surface area contributed by atoms with Crippen LogP contribution in [0, 0.1) is 5.92 Å². The number of carbonyl (C=O) groups excluding carboxylic acids is 3. The van der Waals surface area contributed by atoms with E-state index in [1.165, 1.54) is 19.3 Å². The summed E-state index contributed by atoms with van der Waals surface area (Å²) in [5, 5.41) is 4.93. The molecule has 3 atom stereocenters. The molecule has 2 aromatic carbocycles. The molecule has 2 saturated heterocycles. The van der Waals surface area contributed by atoms with Crippen LogP contribution in [0.3, 0.4) is 0 Å². The number of benzene rings is 2. The number of carbonyl (C=O) groups is 3. The average Bonchev–Trinajstić information content (AvgIpc) is 3.41. The van der Waals surface area contributed by atoms with Crippen molar-refractivity contribution in [2.75, 3.05) is 13.2 Å². The van der Waals surface area contributed by atoms with Crippen molar-refractivity contribution in [1.29, 1.82) is 0 Å². The highest BCUT2D eigenvalue weighted by molar-refractivity contribution is 6.08. The number of ketones is 1. The fourth-order valence-electron chi connectivity index (χ4n) is 5.68. The summed E-state index contributed by atoms with van der Waals surface area (Å²) in [5.41, 5.74) is 0.573. The van der Waals surface area contributed by atoms with Crippen LogP contribution < -0.4 is 5.32 Å². The third-order valence-corrected chi connectivity index (χ3v) is 7.33. The van der Waals surface area contributed by atoms with E-state index in [9.17, 15) is 14.4 Å². The Morgan fingerprint density at radius 3 is 2.66 bits per heavy atom. The van der Waals surface area contributed by atoms with Gasteiger partial charge in [0, 0.05) is 12.1 Å². The van der Waals surface area contributed by atoms with E-state index < -0.39 is 12.1 Å². The summed E-state index contributed by atoms with van der Waals surface area (Å²) in [6.45, 7) is 0.583. The molecule has 0 spiro atoms. The van der Waals surface area contributed by atoms with Crippen LogP contribution in [0.1, 0.15) is 55.3 Å². The largest absolute Gasteiger partial charge is 0.368 e. The van der Waals surface area contributed by atoms with Gasteiger partial charge in [0.1, 0.15) is 18.7 Å². The van der Waals surface area contributed by atoms with Gasteiger partial charge in [-0.3, -0.25) is 14.4 Å². The second kappa shape index (κ2) is 9.02. The summed E-state index contributed by atoms with van der Waals surface area (Å²) in [6.07, 6.45) is 6.85. The Labute approximate surface area is 188 Å². The predicted molar refractivity (Wildman–Crippen MR) is 121 cm³/mol. The molecule has 32 heavy (non-hydrogen) atoms. The lowest BCUT2D eigenvalue weighted by Crippen LogP contribution is -2.53. The molecule has 2 heterocycles. The molecule has 1 N–H and O–H groups in total. The molecule has 0 radical (unpaired) electrons. The van der Waals surface area contributed by atoms with Gasteiger partial charge in [-0.2, -0.15) is 0 Å². The molecule has 2 amide bonds. The van der Waals surface area contributed by atoms with Gasteiger partial charge in [-0.05, 0) is 35.6 Å². The molecule has 1 saturated carbocycles. The number of likely N-dealkylation sites (tertiary alicyclic amines) is 1. The van der Waals surface area contributed by atoms with Gasteiger partial charge >= 0.3 is 0 Å². The fraction of sp³-hybridized carbons (Fsp3) is 0.500.